The lowest BCUT2D eigenvalue weighted by molar-refractivity contribution is -0.121. The summed E-state index contributed by atoms with van der Waals surface area (Å²) in [6.07, 6.45) is 0.500. The Balaban J connectivity index is 2.23. The number of carbonyl (C=O) groups is 1. The average Bonchev–Trinajstić information content (AvgIpc) is 2.78. The minimum atomic E-state index is -0.732. The molecule has 0 radical (unpaired) electrons. The van der Waals surface area contributed by atoms with Crippen LogP contribution in [0.2, 0.25) is 0 Å². The van der Waals surface area contributed by atoms with Crippen molar-refractivity contribution >= 4 is 11.6 Å². The monoisotopic (exact) mass is 284 g/mol. The summed E-state index contributed by atoms with van der Waals surface area (Å²) in [5.74, 6) is -1.78. The van der Waals surface area contributed by atoms with Crippen molar-refractivity contribution in [3.63, 3.8) is 0 Å². The van der Waals surface area contributed by atoms with Gasteiger partial charge >= 0.3 is 0 Å². The first kappa shape index (κ1) is 14.9. The third-order valence-corrected chi connectivity index (χ3v) is 3.62. The van der Waals surface area contributed by atoms with E-state index in [1.165, 1.54) is 6.07 Å². The van der Waals surface area contributed by atoms with Gasteiger partial charge in [-0.25, -0.2) is 8.78 Å². The van der Waals surface area contributed by atoms with Crippen LogP contribution >= 0.6 is 0 Å². The van der Waals surface area contributed by atoms with Crippen LogP contribution in [0.15, 0.2) is 18.2 Å². The summed E-state index contributed by atoms with van der Waals surface area (Å²) in [6.45, 7) is 3.09. The molecule has 0 bridgehead atoms. The van der Waals surface area contributed by atoms with Crippen molar-refractivity contribution in [1.29, 1.82) is 0 Å². The number of likely N-dealkylation sites (N-methyl/N-ethyl adjacent to an activating group) is 1. The van der Waals surface area contributed by atoms with Crippen molar-refractivity contribution in [1.82, 2.24) is 4.90 Å². The fourth-order valence-electron chi connectivity index (χ4n) is 2.64. The van der Waals surface area contributed by atoms with Gasteiger partial charge in [-0.15, -0.1) is 0 Å². The fraction of sp³-hybridized carbons (Fsp3) is 0.500. The Morgan fingerprint density at radius 1 is 1.40 bits per heavy atom. The predicted octanol–water partition coefficient (Wildman–Crippen LogP) is 1.38. The Morgan fingerprint density at radius 3 is 2.60 bits per heavy atom. The number of carbonyl (C=O) groups excluding carboxylic acids is 1. The topological polar surface area (TPSA) is 43.8 Å². The zero-order valence-corrected chi connectivity index (χ0v) is 11.4. The van der Waals surface area contributed by atoms with Gasteiger partial charge in [-0.05, 0) is 25.1 Å². The highest BCUT2D eigenvalue weighted by Gasteiger charge is 2.37. The first-order chi connectivity index (χ1) is 9.60. The van der Waals surface area contributed by atoms with E-state index in [1.807, 2.05) is 11.8 Å². The molecule has 0 aliphatic carbocycles. The maximum Gasteiger partial charge on any atom is 0.244 e. The third-order valence-electron chi connectivity index (χ3n) is 3.62. The molecular formula is C14H18F2N2O2. The van der Waals surface area contributed by atoms with Crippen LogP contribution in [-0.4, -0.2) is 48.2 Å². The van der Waals surface area contributed by atoms with Gasteiger partial charge in [0, 0.05) is 13.1 Å². The number of rotatable bonds is 5. The maximum absolute atomic E-state index is 13.7. The molecule has 1 unspecified atom stereocenters. The molecule has 110 valence electrons. The van der Waals surface area contributed by atoms with Crippen LogP contribution in [-0.2, 0) is 4.79 Å². The number of amides is 1. The van der Waals surface area contributed by atoms with Gasteiger partial charge in [0.25, 0.3) is 0 Å². The van der Waals surface area contributed by atoms with Gasteiger partial charge in [-0.2, -0.15) is 0 Å². The Hall–Kier alpha value is -1.53. The number of para-hydroxylation sites is 1. The Bertz CT molecular complexity index is 476. The average molecular weight is 284 g/mol. The van der Waals surface area contributed by atoms with Crippen LogP contribution in [0.5, 0.6) is 0 Å². The molecule has 1 fully saturated rings. The lowest BCUT2D eigenvalue weighted by Crippen LogP contribution is -2.43. The Kier molecular flexibility index (Phi) is 4.67. The molecule has 2 rings (SSSR count). The molecule has 1 aliphatic heterocycles. The molecule has 1 aliphatic rings. The second kappa shape index (κ2) is 6.28. The summed E-state index contributed by atoms with van der Waals surface area (Å²) in [4.78, 5) is 15.3. The van der Waals surface area contributed by atoms with Gasteiger partial charge in [0.15, 0.2) is 0 Å². The van der Waals surface area contributed by atoms with Crippen LogP contribution in [0, 0.1) is 11.6 Å². The molecule has 0 aromatic heterocycles. The van der Waals surface area contributed by atoms with Crippen LogP contribution in [0.25, 0.3) is 0 Å². The lowest BCUT2D eigenvalue weighted by atomic mass is 10.2. The summed E-state index contributed by atoms with van der Waals surface area (Å²) in [5.41, 5.74) is -0.278. The third kappa shape index (κ3) is 2.66. The molecule has 1 heterocycles. The van der Waals surface area contributed by atoms with Gasteiger partial charge in [0.1, 0.15) is 17.3 Å². The van der Waals surface area contributed by atoms with Gasteiger partial charge < -0.3 is 10.0 Å². The molecular weight excluding hydrogens is 266 g/mol. The van der Waals surface area contributed by atoms with E-state index >= 15 is 0 Å². The molecule has 20 heavy (non-hydrogen) atoms. The lowest BCUT2D eigenvalue weighted by Gasteiger charge is -2.26. The molecule has 0 saturated carbocycles. The molecule has 0 spiro atoms. The molecule has 1 N–H and O–H groups in total. The van der Waals surface area contributed by atoms with Crippen molar-refractivity contribution in [2.75, 3.05) is 31.1 Å². The van der Waals surface area contributed by atoms with E-state index in [0.717, 1.165) is 17.0 Å². The van der Waals surface area contributed by atoms with Crippen LogP contribution < -0.4 is 4.90 Å². The standard InChI is InChI=1S/C14H18F2N2O2/c1-2-17(8-9-19)12-6-7-18(14(12)20)13-10(15)4-3-5-11(13)16/h3-5,12,19H,2,6-9H2,1H3. The zero-order valence-electron chi connectivity index (χ0n) is 11.4. The van der Waals surface area contributed by atoms with E-state index in [9.17, 15) is 13.6 Å². The smallest absolute Gasteiger partial charge is 0.244 e. The number of halogens is 2. The number of aliphatic hydroxyl groups excluding tert-OH is 1. The summed E-state index contributed by atoms with van der Waals surface area (Å²) < 4.78 is 27.5. The number of benzene rings is 1. The number of aliphatic hydroxyl groups is 1. The van der Waals surface area contributed by atoms with E-state index in [2.05, 4.69) is 0 Å². The molecule has 1 saturated heterocycles. The summed E-state index contributed by atoms with van der Waals surface area (Å²) >= 11 is 0. The highest BCUT2D eigenvalue weighted by molar-refractivity contribution is 5.99. The molecule has 1 atom stereocenters. The highest BCUT2D eigenvalue weighted by Crippen LogP contribution is 2.29. The fourth-order valence-corrected chi connectivity index (χ4v) is 2.64. The maximum atomic E-state index is 13.7. The normalized spacial score (nSPS) is 19.1. The van der Waals surface area contributed by atoms with Gasteiger partial charge in [0.05, 0.1) is 12.6 Å². The number of hydrogen-bond donors (Lipinski definition) is 1. The van der Waals surface area contributed by atoms with Crippen molar-refractivity contribution in [3.8, 4) is 0 Å². The zero-order chi connectivity index (χ0) is 14.7. The van der Waals surface area contributed by atoms with Crippen LogP contribution in [0.1, 0.15) is 13.3 Å². The highest BCUT2D eigenvalue weighted by atomic mass is 19.1. The quantitative estimate of drug-likeness (QED) is 0.888. The summed E-state index contributed by atoms with van der Waals surface area (Å²) in [7, 11) is 0. The summed E-state index contributed by atoms with van der Waals surface area (Å²) in [6, 6.07) is 3.14. The second-order valence-electron chi connectivity index (χ2n) is 4.72. The number of hydrogen-bond acceptors (Lipinski definition) is 3. The van der Waals surface area contributed by atoms with E-state index < -0.39 is 17.7 Å². The number of anilines is 1. The van der Waals surface area contributed by atoms with Crippen molar-refractivity contribution in [2.45, 2.75) is 19.4 Å². The molecule has 4 nitrogen and oxygen atoms in total. The first-order valence-electron chi connectivity index (χ1n) is 6.70. The van der Waals surface area contributed by atoms with E-state index in [4.69, 9.17) is 5.11 Å². The second-order valence-corrected chi connectivity index (χ2v) is 4.72. The minimum Gasteiger partial charge on any atom is -0.395 e. The number of nitrogens with zero attached hydrogens (tertiary/aromatic N) is 2. The molecule has 1 aromatic carbocycles. The van der Waals surface area contributed by atoms with E-state index in [-0.39, 0.29) is 24.7 Å². The van der Waals surface area contributed by atoms with Gasteiger partial charge in [-0.3, -0.25) is 9.69 Å². The van der Waals surface area contributed by atoms with E-state index in [0.29, 0.717) is 19.5 Å². The molecule has 6 heteroatoms. The van der Waals surface area contributed by atoms with Gasteiger partial charge in [0.2, 0.25) is 5.91 Å². The Morgan fingerprint density at radius 2 is 2.05 bits per heavy atom. The van der Waals surface area contributed by atoms with Crippen molar-refractivity contribution in [3.05, 3.63) is 29.8 Å². The van der Waals surface area contributed by atoms with Crippen molar-refractivity contribution in [2.24, 2.45) is 0 Å². The predicted molar refractivity (Wildman–Crippen MR) is 71.4 cm³/mol. The van der Waals surface area contributed by atoms with Crippen LogP contribution in [0.4, 0.5) is 14.5 Å². The largest absolute Gasteiger partial charge is 0.395 e. The van der Waals surface area contributed by atoms with Crippen LogP contribution in [0.3, 0.4) is 0 Å². The minimum absolute atomic E-state index is 0.0499. The summed E-state index contributed by atoms with van der Waals surface area (Å²) in [5, 5.41) is 9.00. The van der Waals surface area contributed by atoms with Gasteiger partial charge in [-0.1, -0.05) is 13.0 Å². The Labute approximate surface area is 116 Å². The first-order valence-corrected chi connectivity index (χ1v) is 6.70. The van der Waals surface area contributed by atoms with Crippen molar-refractivity contribution < 1.29 is 18.7 Å². The molecule has 1 aromatic rings. The SMILES string of the molecule is CCN(CCO)C1CCN(c2c(F)cccc2F)C1=O. The molecule has 1 amide bonds. The van der Waals surface area contributed by atoms with E-state index in [1.54, 1.807) is 0 Å².